The molecule has 3 heterocycles. The van der Waals surface area contributed by atoms with Crippen molar-refractivity contribution in [2.45, 2.75) is 56.8 Å². The molecule has 8 rings (SSSR count). The fourth-order valence-corrected chi connectivity index (χ4v) is 8.69. The van der Waals surface area contributed by atoms with Crippen molar-refractivity contribution >= 4 is 23.6 Å². The van der Waals surface area contributed by atoms with Crippen molar-refractivity contribution in [3.63, 3.8) is 0 Å². The highest BCUT2D eigenvalue weighted by Gasteiger charge is 2.42. The first-order chi connectivity index (χ1) is 32.6. The monoisotopic (exact) mass is 923 g/mol. The van der Waals surface area contributed by atoms with Crippen molar-refractivity contribution in [3.05, 3.63) is 143 Å². The molecule has 0 bridgehead atoms. The van der Waals surface area contributed by atoms with E-state index < -0.39 is 35.6 Å². The third kappa shape index (κ3) is 12.5. The number of rotatable bonds is 17. The first-order valence-electron chi connectivity index (χ1n) is 22.2. The molecule has 0 aliphatic carbocycles. The van der Waals surface area contributed by atoms with Crippen LogP contribution in [0.4, 0.5) is 25.4 Å². The third-order valence-electron chi connectivity index (χ3n) is 11.9. The number of carbonyl (C=O) groups excluding carboxylic acids is 2. The van der Waals surface area contributed by atoms with Gasteiger partial charge in [-0.05, 0) is 95.4 Å². The average Bonchev–Trinajstić information content (AvgIpc) is 3.80. The first kappa shape index (κ1) is 47.0. The maximum atomic E-state index is 14.0. The number of fused-ring (bicyclic) bond motifs is 1. The summed E-state index contributed by atoms with van der Waals surface area (Å²) >= 11 is 0. The van der Waals surface area contributed by atoms with Crippen LogP contribution in [0.15, 0.2) is 115 Å². The lowest BCUT2D eigenvalue weighted by atomic mass is 9.83. The van der Waals surface area contributed by atoms with Gasteiger partial charge in [-0.15, -0.1) is 0 Å². The summed E-state index contributed by atoms with van der Waals surface area (Å²) in [5, 5.41) is 39.9. The minimum Gasteiger partial charge on any atom is -0.490 e. The zero-order chi connectivity index (χ0) is 46.7. The molecule has 2 amide bonds. The van der Waals surface area contributed by atoms with Gasteiger partial charge in [0, 0.05) is 44.3 Å². The van der Waals surface area contributed by atoms with Crippen molar-refractivity contribution in [2.75, 3.05) is 62.3 Å². The van der Waals surface area contributed by atoms with E-state index in [1.165, 1.54) is 23.1 Å². The van der Waals surface area contributed by atoms with Gasteiger partial charge < -0.3 is 53.9 Å². The molecule has 17 nitrogen and oxygen atoms in total. The van der Waals surface area contributed by atoms with Crippen LogP contribution in [-0.2, 0) is 29.4 Å². The molecular weight excluding hydrogens is 870 g/mol. The van der Waals surface area contributed by atoms with Gasteiger partial charge in [0.05, 0.1) is 62.7 Å². The number of likely N-dealkylation sites (tertiary alicyclic amines) is 1. The maximum absolute atomic E-state index is 14.0. The molecule has 4 unspecified atom stereocenters. The lowest BCUT2D eigenvalue weighted by Crippen LogP contribution is -2.59. The summed E-state index contributed by atoms with van der Waals surface area (Å²) in [4.78, 5) is 38.3. The van der Waals surface area contributed by atoms with Crippen LogP contribution in [0.3, 0.4) is 0 Å². The Kier molecular flexibility index (Phi) is 15.7. The van der Waals surface area contributed by atoms with Gasteiger partial charge in [-0.1, -0.05) is 48.5 Å². The Labute approximate surface area is 386 Å². The number of benzene rings is 5. The largest absolute Gasteiger partial charge is 0.490 e. The van der Waals surface area contributed by atoms with E-state index in [-0.39, 0.29) is 62.9 Å². The number of nitrogens with one attached hydrogen (secondary N) is 1. The Bertz CT molecular complexity index is 2450. The quantitative estimate of drug-likeness (QED) is 0.0642. The fourth-order valence-electron chi connectivity index (χ4n) is 8.69. The highest BCUT2D eigenvalue weighted by molar-refractivity contribution is 5.73. The Hall–Kier alpha value is -6.51. The molecule has 5 N–H and O–H groups in total. The van der Waals surface area contributed by atoms with E-state index in [4.69, 9.17) is 38.9 Å². The molecule has 4 atom stereocenters. The number of halogens is 1. The van der Waals surface area contributed by atoms with Gasteiger partial charge in [0.2, 0.25) is 0 Å². The molecule has 0 radical (unpaired) electrons. The lowest BCUT2D eigenvalue weighted by Gasteiger charge is -2.43. The van der Waals surface area contributed by atoms with Crippen LogP contribution in [0.2, 0.25) is 0 Å². The van der Waals surface area contributed by atoms with E-state index in [1.807, 2.05) is 48.5 Å². The van der Waals surface area contributed by atoms with E-state index >= 15 is 0 Å². The number of nitrogens with zero attached hydrogens (tertiary/aromatic N) is 4. The van der Waals surface area contributed by atoms with Crippen LogP contribution in [0, 0.1) is 5.82 Å². The second kappa shape index (κ2) is 22.3. The van der Waals surface area contributed by atoms with E-state index in [1.54, 1.807) is 48.5 Å². The summed E-state index contributed by atoms with van der Waals surface area (Å²) in [6, 6.07) is 31.9. The standard InChI is InChI=1S/C49H54FN5O12/c50-37-7-3-8-38(26-37)53-19-17-42(27-53)65-39-14-12-36(13-15-39)47-43(51-48(58)66-40-9-2-6-34(24-40)32-64-55(60)61)28-54(49(59)67-41-10-1-5-33(23-41)30-57)29-46(47)63-31-35-11-16-45-44(25-35)52(18-4-21-56)20-22-62-45/h1-3,5-16,23-26,42-43,46-47,56-57,60-61H,4,17-22,27-32H2,(H,51,58). The molecule has 0 saturated carbocycles. The van der Waals surface area contributed by atoms with Crippen LogP contribution in [0.1, 0.15) is 41.0 Å². The van der Waals surface area contributed by atoms with Gasteiger partial charge in [0.25, 0.3) is 0 Å². The van der Waals surface area contributed by atoms with Crippen molar-refractivity contribution in [2.24, 2.45) is 0 Å². The second-order valence-electron chi connectivity index (χ2n) is 16.5. The summed E-state index contributed by atoms with van der Waals surface area (Å²) in [6.07, 6.45) is -1.05. The van der Waals surface area contributed by atoms with Gasteiger partial charge in [-0.3, -0.25) is 10.4 Å². The Morgan fingerprint density at radius 2 is 1.55 bits per heavy atom. The zero-order valence-corrected chi connectivity index (χ0v) is 36.7. The summed E-state index contributed by atoms with van der Waals surface area (Å²) < 4.78 is 44.7. The molecule has 18 heteroatoms. The Morgan fingerprint density at radius 1 is 0.791 bits per heavy atom. The van der Waals surface area contributed by atoms with Crippen LogP contribution < -0.4 is 34.1 Å². The number of hydrogen-bond acceptors (Lipinski definition) is 15. The molecule has 5 aromatic rings. The zero-order valence-electron chi connectivity index (χ0n) is 36.7. The molecule has 2 fully saturated rings. The summed E-state index contributed by atoms with van der Waals surface area (Å²) in [5.41, 5.74) is 4.34. The normalized spacial score (nSPS) is 19.2. The van der Waals surface area contributed by atoms with Crippen LogP contribution >= 0.6 is 0 Å². The van der Waals surface area contributed by atoms with E-state index in [0.717, 1.165) is 34.7 Å². The van der Waals surface area contributed by atoms with E-state index in [9.17, 15) is 24.2 Å². The first-order valence-corrected chi connectivity index (χ1v) is 22.2. The fraction of sp³-hybridized carbons (Fsp3) is 0.347. The number of aliphatic hydroxyl groups is 2. The molecule has 0 spiro atoms. The van der Waals surface area contributed by atoms with Gasteiger partial charge in [0.15, 0.2) is 0 Å². The Balaban J connectivity index is 1.07. The highest BCUT2D eigenvalue weighted by atomic mass is 19.1. The van der Waals surface area contributed by atoms with Gasteiger partial charge in [-0.25, -0.2) is 18.8 Å². The van der Waals surface area contributed by atoms with Crippen LogP contribution in [0.5, 0.6) is 23.0 Å². The summed E-state index contributed by atoms with van der Waals surface area (Å²) in [5.74, 6) is 0.879. The molecule has 3 aliphatic rings. The number of anilines is 2. The van der Waals surface area contributed by atoms with Crippen molar-refractivity contribution in [1.82, 2.24) is 15.6 Å². The number of piperidine rings is 1. The van der Waals surface area contributed by atoms with Crippen molar-refractivity contribution < 1.29 is 63.1 Å². The van der Waals surface area contributed by atoms with Crippen molar-refractivity contribution in [1.29, 1.82) is 0 Å². The van der Waals surface area contributed by atoms with Crippen LogP contribution in [0.25, 0.3) is 0 Å². The highest BCUT2D eigenvalue weighted by Crippen LogP contribution is 2.36. The number of carbonyl (C=O) groups is 2. The SMILES string of the molecule is O=C(NC1CN(C(=O)Oc2cccc(CO)c2)CC(OCc2ccc3c(c2)N(CCCO)CCO3)C1c1ccc(OC2CCN(c3cccc(F)c3)C2)cc1)Oc1cccc(CON(O)O)c1. The maximum Gasteiger partial charge on any atom is 0.415 e. The predicted octanol–water partition coefficient (Wildman–Crippen LogP) is 6.41. The number of ether oxygens (including phenoxy) is 5. The van der Waals surface area contributed by atoms with Crippen molar-refractivity contribution in [3.8, 4) is 23.0 Å². The molecule has 354 valence electrons. The van der Waals surface area contributed by atoms with E-state index in [0.29, 0.717) is 56.1 Å². The minimum atomic E-state index is -0.828. The second-order valence-corrected chi connectivity index (χ2v) is 16.5. The molecule has 67 heavy (non-hydrogen) atoms. The number of amides is 2. The lowest BCUT2D eigenvalue weighted by molar-refractivity contribution is -0.497. The van der Waals surface area contributed by atoms with E-state index in [2.05, 4.69) is 15.1 Å². The van der Waals surface area contributed by atoms with Gasteiger partial charge in [0.1, 0.15) is 41.5 Å². The predicted molar refractivity (Wildman–Crippen MR) is 241 cm³/mol. The topological polar surface area (TPSA) is 195 Å². The summed E-state index contributed by atoms with van der Waals surface area (Å²) in [6.45, 7) is 2.90. The van der Waals surface area contributed by atoms with Gasteiger partial charge in [-0.2, -0.15) is 0 Å². The summed E-state index contributed by atoms with van der Waals surface area (Å²) in [7, 11) is 0. The third-order valence-corrected chi connectivity index (χ3v) is 11.9. The molecule has 5 aromatic carbocycles. The van der Waals surface area contributed by atoms with Crippen LogP contribution in [-0.4, -0.2) is 114 Å². The number of hydrogen-bond donors (Lipinski definition) is 5. The Morgan fingerprint density at radius 3 is 2.33 bits per heavy atom. The average molecular weight is 924 g/mol. The molecule has 2 saturated heterocycles. The smallest absolute Gasteiger partial charge is 0.415 e. The molecular formula is C49H54FN5O12. The minimum absolute atomic E-state index is 0.0128. The molecule has 0 aromatic heterocycles. The number of aliphatic hydroxyl groups excluding tert-OH is 2. The van der Waals surface area contributed by atoms with Gasteiger partial charge >= 0.3 is 12.2 Å². The molecule has 3 aliphatic heterocycles.